The summed E-state index contributed by atoms with van der Waals surface area (Å²) in [5.41, 5.74) is 6.62. The summed E-state index contributed by atoms with van der Waals surface area (Å²) in [6.07, 6.45) is 1.41. The first kappa shape index (κ1) is 14.9. The summed E-state index contributed by atoms with van der Waals surface area (Å²) in [6, 6.07) is 4.55. The molecule has 1 aromatic carbocycles. The van der Waals surface area contributed by atoms with Crippen LogP contribution in [0.5, 0.6) is 0 Å². The third kappa shape index (κ3) is 2.68. The zero-order valence-electron chi connectivity index (χ0n) is 10.3. The number of rotatable bonds is 2. The van der Waals surface area contributed by atoms with Crippen LogP contribution in [0.1, 0.15) is 10.4 Å². The van der Waals surface area contributed by atoms with Crippen LogP contribution in [0.3, 0.4) is 0 Å². The lowest BCUT2D eigenvalue weighted by Gasteiger charge is -2.12. The lowest BCUT2D eigenvalue weighted by atomic mass is 10.0. The molecule has 0 spiro atoms. The molecule has 2 rings (SSSR count). The molecule has 0 aliphatic rings. The van der Waals surface area contributed by atoms with Crippen molar-refractivity contribution in [3.8, 4) is 11.1 Å². The number of benzene rings is 1. The number of hydrogen-bond donors (Lipinski definition) is 1. The van der Waals surface area contributed by atoms with E-state index in [2.05, 4.69) is 4.98 Å². The van der Waals surface area contributed by atoms with Gasteiger partial charge in [0.2, 0.25) is 0 Å². The summed E-state index contributed by atoms with van der Waals surface area (Å²) in [5.74, 6) is -0.385. The van der Waals surface area contributed by atoms with Crippen molar-refractivity contribution in [3.05, 3.63) is 45.0 Å². The Bertz CT molecular complexity index is 690. The minimum absolute atomic E-state index is 0.184. The maximum atomic E-state index is 11.8. The standard InChI is InChI=1S/C13H9Cl3N2O2/c1-20-13(19)6-4-10(17)18-5-7(6)11-8(14)2-3-9(15)12(11)16/h2-5H,1H3,(H2,17,18). The Morgan fingerprint density at radius 3 is 2.55 bits per heavy atom. The fourth-order valence-corrected chi connectivity index (χ4v) is 2.46. The molecule has 1 heterocycles. The molecule has 2 N–H and O–H groups in total. The number of nitrogen functional groups attached to an aromatic ring is 1. The fraction of sp³-hybridized carbons (Fsp3) is 0.0769. The molecule has 104 valence electrons. The molecule has 4 nitrogen and oxygen atoms in total. The second-order valence-electron chi connectivity index (χ2n) is 3.86. The van der Waals surface area contributed by atoms with Crippen LogP contribution in [-0.4, -0.2) is 18.1 Å². The van der Waals surface area contributed by atoms with Gasteiger partial charge < -0.3 is 10.5 Å². The number of esters is 1. The smallest absolute Gasteiger partial charge is 0.338 e. The Labute approximate surface area is 130 Å². The molecule has 0 atom stereocenters. The number of aromatic nitrogens is 1. The topological polar surface area (TPSA) is 65.2 Å². The maximum absolute atomic E-state index is 11.8. The Balaban J connectivity index is 2.77. The van der Waals surface area contributed by atoms with Gasteiger partial charge >= 0.3 is 5.97 Å². The van der Waals surface area contributed by atoms with Gasteiger partial charge in [0.1, 0.15) is 5.82 Å². The lowest BCUT2D eigenvalue weighted by molar-refractivity contribution is 0.0601. The molecule has 20 heavy (non-hydrogen) atoms. The zero-order valence-corrected chi connectivity index (χ0v) is 12.6. The van der Waals surface area contributed by atoms with Crippen molar-refractivity contribution in [2.24, 2.45) is 0 Å². The van der Waals surface area contributed by atoms with Crippen molar-refractivity contribution in [1.29, 1.82) is 0 Å². The van der Waals surface area contributed by atoms with E-state index >= 15 is 0 Å². The third-order valence-electron chi connectivity index (χ3n) is 2.64. The molecule has 0 amide bonds. The van der Waals surface area contributed by atoms with Crippen LogP contribution in [-0.2, 0) is 4.74 Å². The van der Waals surface area contributed by atoms with Gasteiger partial charge in [0.25, 0.3) is 0 Å². The first-order chi connectivity index (χ1) is 9.45. The van der Waals surface area contributed by atoms with E-state index in [9.17, 15) is 4.79 Å². The zero-order chi connectivity index (χ0) is 14.9. The lowest BCUT2D eigenvalue weighted by Crippen LogP contribution is -2.06. The number of hydrogen-bond acceptors (Lipinski definition) is 4. The third-order valence-corrected chi connectivity index (χ3v) is 3.76. The second-order valence-corrected chi connectivity index (χ2v) is 5.06. The van der Waals surface area contributed by atoms with E-state index in [1.807, 2.05) is 0 Å². The highest BCUT2D eigenvalue weighted by Gasteiger charge is 2.20. The average Bonchev–Trinajstić information content (AvgIpc) is 2.44. The molecular weight excluding hydrogens is 323 g/mol. The number of carbonyl (C=O) groups is 1. The van der Waals surface area contributed by atoms with Gasteiger partial charge in [-0.15, -0.1) is 0 Å². The van der Waals surface area contributed by atoms with E-state index < -0.39 is 5.97 Å². The van der Waals surface area contributed by atoms with Gasteiger partial charge in [-0.3, -0.25) is 0 Å². The van der Waals surface area contributed by atoms with E-state index in [0.29, 0.717) is 21.2 Å². The summed E-state index contributed by atoms with van der Waals surface area (Å²) in [7, 11) is 1.27. The Kier molecular flexibility index (Phi) is 4.38. The monoisotopic (exact) mass is 330 g/mol. The van der Waals surface area contributed by atoms with Crippen LogP contribution in [0.25, 0.3) is 11.1 Å². The minimum atomic E-state index is -0.568. The molecule has 0 unspecified atom stereocenters. The predicted octanol–water partition coefficient (Wildman–Crippen LogP) is 4.08. The van der Waals surface area contributed by atoms with Crippen molar-refractivity contribution < 1.29 is 9.53 Å². The molecule has 7 heteroatoms. The minimum Gasteiger partial charge on any atom is -0.465 e. The first-order valence-electron chi connectivity index (χ1n) is 5.43. The van der Waals surface area contributed by atoms with E-state index in [-0.39, 0.29) is 16.4 Å². The molecule has 0 saturated heterocycles. The molecule has 0 aliphatic carbocycles. The normalized spacial score (nSPS) is 10.4. The highest BCUT2D eigenvalue weighted by molar-refractivity contribution is 6.46. The summed E-state index contributed by atoms with van der Waals surface area (Å²) in [6.45, 7) is 0. The van der Waals surface area contributed by atoms with Gasteiger partial charge in [0.15, 0.2) is 0 Å². The van der Waals surface area contributed by atoms with E-state index in [0.717, 1.165) is 0 Å². The number of anilines is 1. The van der Waals surface area contributed by atoms with Crippen molar-refractivity contribution in [2.75, 3.05) is 12.8 Å². The highest BCUT2D eigenvalue weighted by Crippen LogP contribution is 2.40. The number of ether oxygens (including phenoxy) is 1. The predicted molar refractivity (Wildman–Crippen MR) is 80.5 cm³/mol. The molecule has 0 saturated carbocycles. The van der Waals surface area contributed by atoms with Crippen molar-refractivity contribution in [1.82, 2.24) is 4.98 Å². The molecule has 2 aromatic rings. The van der Waals surface area contributed by atoms with Gasteiger partial charge in [-0.2, -0.15) is 0 Å². The molecule has 0 bridgehead atoms. The first-order valence-corrected chi connectivity index (χ1v) is 6.56. The summed E-state index contributed by atoms with van der Waals surface area (Å²) < 4.78 is 4.72. The molecule has 0 fully saturated rings. The number of halogens is 3. The fourth-order valence-electron chi connectivity index (χ4n) is 1.72. The Hall–Kier alpha value is -1.49. The van der Waals surface area contributed by atoms with Crippen LogP contribution in [0.15, 0.2) is 24.4 Å². The molecule has 1 aromatic heterocycles. The number of nitrogens with zero attached hydrogens (tertiary/aromatic N) is 1. The van der Waals surface area contributed by atoms with Crippen LogP contribution < -0.4 is 5.73 Å². The van der Waals surface area contributed by atoms with Crippen LogP contribution >= 0.6 is 34.8 Å². The number of methoxy groups -OCH3 is 1. The van der Waals surface area contributed by atoms with Gasteiger partial charge in [-0.25, -0.2) is 9.78 Å². The van der Waals surface area contributed by atoms with Crippen LogP contribution in [0.2, 0.25) is 15.1 Å². The maximum Gasteiger partial charge on any atom is 0.338 e. The quantitative estimate of drug-likeness (QED) is 0.665. The summed E-state index contributed by atoms with van der Waals surface area (Å²) in [5, 5.41) is 0.894. The molecule has 0 radical (unpaired) electrons. The average molecular weight is 332 g/mol. The van der Waals surface area contributed by atoms with E-state index in [1.54, 1.807) is 12.1 Å². The van der Waals surface area contributed by atoms with Crippen molar-refractivity contribution in [2.45, 2.75) is 0 Å². The van der Waals surface area contributed by atoms with Crippen LogP contribution in [0, 0.1) is 0 Å². The Morgan fingerprint density at radius 2 is 1.90 bits per heavy atom. The van der Waals surface area contributed by atoms with Gasteiger partial charge in [0.05, 0.1) is 27.7 Å². The van der Waals surface area contributed by atoms with Crippen molar-refractivity contribution in [3.63, 3.8) is 0 Å². The van der Waals surface area contributed by atoms with Crippen molar-refractivity contribution >= 4 is 46.6 Å². The summed E-state index contributed by atoms with van der Waals surface area (Å²) >= 11 is 18.3. The van der Waals surface area contributed by atoms with Gasteiger partial charge in [-0.1, -0.05) is 34.8 Å². The summed E-state index contributed by atoms with van der Waals surface area (Å²) in [4.78, 5) is 15.8. The Morgan fingerprint density at radius 1 is 1.25 bits per heavy atom. The number of nitrogens with two attached hydrogens (primary N) is 1. The van der Waals surface area contributed by atoms with Gasteiger partial charge in [0, 0.05) is 17.3 Å². The van der Waals surface area contributed by atoms with E-state index in [1.165, 1.54) is 19.4 Å². The van der Waals surface area contributed by atoms with Gasteiger partial charge in [-0.05, 0) is 18.2 Å². The largest absolute Gasteiger partial charge is 0.465 e. The second kappa shape index (κ2) is 5.87. The number of pyridine rings is 1. The SMILES string of the molecule is COC(=O)c1cc(N)ncc1-c1c(Cl)ccc(Cl)c1Cl. The highest BCUT2D eigenvalue weighted by atomic mass is 35.5. The molecular formula is C13H9Cl3N2O2. The van der Waals surface area contributed by atoms with Crippen LogP contribution in [0.4, 0.5) is 5.82 Å². The molecule has 0 aliphatic heterocycles. The van der Waals surface area contributed by atoms with E-state index in [4.69, 9.17) is 45.3 Å². The number of carbonyl (C=O) groups excluding carboxylic acids is 1.